The number of hydrogen-bond acceptors (Lipinski definition) is 5. The highest BCUT2D eigenvalue weighted by Crippen LogP contribution is 2.30. The summed E-state index contributed by atoms with van der Waals surface area (Å²) < 4.78 is 10.5. The Morgan fingerprint density at radius 1 is 1.20 bits per heavy atom. The number of nitrogen functional groups attached to an aromatic ring is 1. The van der Waals surface area contributed by atoms with Gasteiger partial charge in [-0.2, -0.15) is 4.98 Å². The predicted molar refractivity (Wildman–Crippen MR) is 77.1 cm³/mol. The molecular weight excluding hydrogens is 254 g/mol. The highest BCUT2D eigenvalue weighted by Gasteiger charge is 2.16. The largest absolute Gasteiger partial charge is 0.398 e. The van der Waals surface area contributed by atoms with Crippen molar-refractivity contribution in [1.82, 2.24) is 10.1 Å². The summed E-state index contributed by atoms with van der Waals surface area (Å²) in [6, 6.07) is 11.9. The minimum absolute atomic E-state index is 0.214. The van der Waals surface area contributed by atoms with E-state index in [1.54, 1.807) is 7.11 Å². The number of nitrogens with two attached hydrogens (primary N) is 1. The van der Waals surface area contributed by atoms with E-state index in [9.17, 15) is 0 Å². The number of methoxy groups -OCH3 is 1. The lowest BCUT2D eigenvalue weighted by Gasteiger charge is -2.04. The number of benzene rings is 2. The lowest BCUT2D eigenvalue weighted by Crippen LogP contribution is -1.98. The standard InChI is InChI=1S/C15H15N3O2/c1-9(19-2)14-17-15(20-18-14)12-7-10-5-3-4-6-11(10)8-13(12)16/h3-9H,16H2,1-2H3. The Morgan fingerprint density at radius 3 is 2.60 bits per heavy atom. The highest BCUT2D eigenvalue weighted by molar-refractivity contribution is 5.92. The fourth-order valence-electron chi connectivity index (χ4n) is 2.06. The quantitative estimate of drug-likeness (QED) is 0.739. The molecule has 0 aliphatic rings. The molecule has 0 amide bonds. The molecule has 102 valence electrons. The summed E-state index contributed by atoms with van der Waals surface area (Å²) in [5.74, 6) is 0.919. The molecule has 2 aromatic carbocycles. The van der Waals surface area contributed by atoms with Crippen molar-refractivity contribution in [3.05, 3.63) is 42.2 Å². The van der Waals surface area contributed by atoms with E-state index in [0.717, 1.165) is 16.3 Å². The molecule has 0 spiro atoms. The molecule has 0 saturated carbocycles. The van der Waals surface area contributed by atoms with E-state index >= 15 is 0 Å². The molecule has 3 aromatic rings. The molecule has 5 nitrogen and oxygen atoms in total. The van der Waals surface area contributed by atoms with Gasteiger partial charge in [-0.25, -0.2) is 0 Å². The first kappa shape index (κ1) is 12.6. The van der Waals surface area contributed by atoms with E-state index < -0.39 is 0 Å². The van der Waals surface area contributed by atoms with Crippen molar-refractivity contribution in [1.29, 1.82) is 0 Å². The minimum Gasteiger partial charge on any atom is -0.398 e. The molecule has 5 heteroatoms. The average Bonchev–Trinajstić information content (AvgIpc) is 2.95. The third-order valence-corrected chi connectivity index (χ3v) is 3.31. The van der Waals surface area contributed by atoms with Crippen LogP contribution in [-0.2, 0) is 4.74 Å². The van der Waals surface area contributed by atoms with Gasteiger partial charge >= 0.3 is 0 Å². The van der Waals surface area contributed by atoms with Gasteiger partial charge in [0, 0.05) is 12.8 Å². The second-order valence-corrected chi connectivity index (χ2v) is 4.62. The van der Waals surface area contributed by atoms with E-state index in [0.29, 0.717) is 17.4 Å². The van der Waals surface area contributed by atoms with E-state index in [2.05, 4.69) is 10.1 Å². The molecule has 1 heterocycles. The molecular formula is C15H15N3O2. The van der Waals surface area contributed by atoms with E-state index in [1.165, 1.54) is 0 Å². The van der Waals surface area contributed by atoms with Gasteiger partial charge in [0.05, 0.1) is 5.56 Å². The number of rotatable bonds is 3. The molecule has 1 atom stereocenters. The summed E-state index contributed by atoms with van der Waals surface area (Å²) >= 11 is 0. The maximum absolute atomic E-state index is 6.08. The van der Waals surface area contributed by atoms with Gasteiger partial charge in [0.25, 0.3) is 5.89 Å². The molecule has 0 bridgehead atoms. The van der Waals surface area contributed by atoms with Crippen LogP contribution in [0.1, 0.15) is 18.9 Å². The van der Waals surface area contributed by atoms with Crippen LogP contribution in [0.15, 0.2) is 40.9 Å². The zero-order valence-corrected chi connectivity index (χ0v) is 11.3. The Bertz CT molecular complexity index is 752. The molecule has 20 heavy (non-hydrogen) atoms. The zero-order valence-electron chi connectivity index (χ0n) is 11.3. The maximum Gasteiger partial charge on any atom is 0.260 e. The normalized spacial score (nSPS) is 12.7. The van der Waals surface area contributed by atoms with Crippen LogP contribution in [-0.4, -0.2) is 17.3 Å². The van der Waals surface area contributed by atoms with Crippen LogP contribution < -0.4 is 5.73 Å². The van der Waals surface area contributed by atoms with Crippen LogP contribution in [0.4, 0.5) is 5.69 Å². The Labute approximate surface area is 116 Å². The lowest BCUT2D eigenvalue weighted by atomic mass is 10.1. The van der Waals surface area contributed by atoms with Gasteiger partial charge < -0.3 is 15.0 Å². The van der Waals surface area contributed by atoms with Crippen molar-refractivity contribution >= 4 is 16.5 Å². The summed E-state index contributed by atoms with van der Waals surface area (Å²) in [6.45, 7) is 1.86. The van der Waals surface area contributed by atoms with Crippen molar-refractivity contribution in [3.63, 3.8) is 0 Å². The predicted octanol–water partition coefficient (Wildman–Crippen LogP) is 3.18. The Hall–Kier alpha value is -2.40. The fourth-order valence-corrected chi connectivity index (χ4v) is 2.06. The Morgan fingerprint density at radius 2 is 1.90 bits per heavy atom. The van der Waals surface area contributed by atoms with Gasteiger partial charge in [-0.15, -0.1) is 0 Å². The summed E-state index contributed by atoms with van der Waals surface area (Å²) in [4.78, 5) is 4.34. The van der Waals surface area contributed by atoms with Gasteiger partial charge in [-0.1, -0.05) is 29.4 Å². The van der Waals surface area contributed by atoms with Gasteiger partial charge in [0.2, 0.25) is 5.82 Å². The zero-order chi connectivity index (χ0) is 14.1. The third kappa shape index (κ3) is 2.12. The van der Waals surface area contributed by atoms with E-state index in [4.69, 9.17) is 15.0 Å². The molecule has 0 aliphatic carbocycles. The molecule has 0 radical (unpaired) electrons. The molecule has 1 aromatic heterocycles. The summed E-state index contributed by atoms with van der Waals surface area (Å²) in [5.41, 5.74) is 7.43. The highest BCUT2D eigenvalue weighted by atomic mass is 16.5. The summed E-state index contributed by atoms with van der Waals surface area (Å²) in [6.07, 6.45) is -0.214. The molecule has 0 fully saturated rings. The maximum atomic E-state index is 6.08. The van der Waals surface area contributed by atoms with Crippen LogP contribution in [0.3, 0.4) is 0 Å². The second kappa shape index (κ2) is 4.94. The van der Waals surface area contributed by atoms with Crippen molar-refractivity contribution in [2.45, 2.75) is 13.0 Å². The smallest absolute Gasteiger partial charge is 0.260 e. The van der Waals surface area contributed by atoms with Gasteiger partial charge in [0.15, 0.2) is 0 Å². The molecule has 0 saturated heterocycles. The van der Waals surface area contributed by atoms with E-state index in [-0.39, 0.29) is 6.10 Å². The van der Waals surface area contributed by atoms with Crippen LogP contribution in [0.2, 0.25) is 0 Å². The summed E-state index contributed by atoms with van der Waals surface area (Å²) in [7, 11) is 1.60. The fraction of sp³-hybridized carbons (Fsp3) is 0.200. The number of aromatic nitrogens is 2. The van der Waals surface area contributed by atoms with Crippen LogP contribution in [0.5, 0.6) is 0 Å². The van der Waals surface area contributed by atoms with Crippen molar-refractivity contribution in [2.75, 3.05) is 12.8 Å². The van der Waals surface area contributed by atoms with Gasteiger partial charge in [-0.3, -0.25) is 0 Å². The molecule has 0 aliphatic heterocycles. The number of anilines is 1. The Kier molecular flexibility index (Phi) is 3.12. The Balaban J connectivity index is 2.09. The topological polar surface area (TPSA) is 74.2 Å². The van der Waals surface area contributed by atoms with Crippen LogP contribution in [0.25, 0.3) is 22.2 Å². The van der Waals surface area contributed by atoms with Crippen molar-refractivity contribution in [2.24, 2.45) is 0 Å². The first-order valence-electron chi connectivity index (χ1n) is 6.34. The molecule has 3 rings (SSSR count). The van der Waals surface area contributed by atoms with Crippen molar-refractivity contribution in [3.8, 4) is 11.5 Å². The SMILES string of the molecule is COC(C)c1noc(-c2cc3ccccc3cc2N)n1. The first-order chi connectivity index (χ1) is 9.69. The number of nitrogens with zero attached hydrogens (tertiary/aromatic N) is 2. The van der Waals surface area contributed by atoms with Gasteiger partial charge in [-0.05, 0) is 29.8 Å². The monoisotopic (exact) mass is 269 g/mol. The minimum atomic E-state index is -0.214. The van der Waals surface area contributed by atoms with Crippen LogP contribution in [0, 0.1) is 0 Å². The lowest BCUT2D eigenvalue weighted by molar-refractivity contribution is 0.109. The molecule has 2 N–H and O–H groups in total. The van der Waals surface area contributed by atoms with Crippen molar-refractivity contribution < 1.29 is 9.26 Å². The number of hydrogen-bond donors (Lipinski definition) is 1. The number of ether oxygens (including phenoxy) is 1. The number of fused-ring (bicyclic) bond motifs is 1. The molecule has 1 unspecified atom stereocenters. The summed E-state index contributed by atoms with van der Waals surface area (Å²) in [5, 5.41) is 6.08. The second-order valence-electron chi connectivity index (χ2n) is 4.62. The first-order valence-corrected chi connectivity index (χ1v) is 6.34. The average molecular weight is 269 g/mol. The van der Waals surface area contributed by atoms with Gasteiger partial charge in [0.1, 0.15) is 6.10 Å². The third-order valence-electron chi connectivity index (χ3n) is 3.31. The van der Waals surface area contributed by atoms with E-state index in [1.807, 2.05) is 43.3 Å². The van der Waals surface area contributed by atoms with Crippen LogP contribution >= 0.6 is 0 Å².